The zero-order valence-electron chi connectivity index (χ0n) is 15.3. The van der Waals surface area contributed by atoms with Crippen molar-refractivity contribution < 1.29 is 20.4 Å². The van der Waals surface area contributed by atoms with Crippen molar-refractivity contribution in [3.63, 3.8) is 0 Å². The summed E-state index contributed by atoms with van der Waals surface area (Å²) in [4.78, 5) is 11.5. The van der Waals surface area contributed by atoms with E-state index in [0.717, 1.165) is 24.5 Å². The van der Waals surface area contributed by atoms with Crippen molar-refractivity contribution in [3.8, 4) is 6.07 Å². The van der Waals surface area contributed by atoms with Crippen molar-refractivity contribution in [2.45, 2.75) is 0 Å². The fourth-order valence-electron chi connectivity index (χ4n) is 2.90. The van der Waals surface area contributed by atoms with Crippen molar-refractivity contribution in [1.82, 2.24) is 9.80 Å². The fraction of sp³-hybridized carbons (Fsp3) is 0.0909. The largest absolute Gasteiger partial charge is 0.507 e. The molecule has 0 amide bonds. The van der Waals surface area contributed by atoms with Gasteiger partial charge in [0.2, 0.25) is 0 Å². The van der Waals surface area contributed by atoms with Gasteiger partial charge in [-0.25, -0.2) is 0 Å². The first-order valence-corrected chi connectivity index (χ1v) is 8.71. The predicted molar refractivity (Wildman–Crippen MR) is 107 cm³/mol. The molecule has 2 aliphatic heterocycles. The maximum atomic E-state index is 9.04. The van der Waals surface area contributed by atoms with Crippen molar-refractivity contribution in [3.05, 3.63) is 104 Å². The third-order valence-electron chi connectivity index (χ3n) is 4.37. The van der Waals surface area contributed by atoms with E-state index >= 15 is 0 Å². The Labute approximate surface area is 185 Å². The Hall–Kier alpha value is -3.24. The van der Waals surface area contributed by atoms with Crippen LogP contribution in [0.4, 0.5) is 17.1 Å². The van der Waals surface area contributed by atoms with E-state index in [0.29, 0.717) is 11.3 Å². The van der Waals surface area contributed by atoms with Crippen LogP contribution in [0, 0.1) is 43.4 Å². The van der Waals surface area contributed by atoms with E-state index in [-0.39, 0.29) is 20.4 Å². The monoisotopic (exact) mass is 470 g/mol. The molecule has 0 saturated heterocycles. The van der Waals surface area contributed by atoms with Gasteiger partial charge in [-0.05, 0) is 24.8 Å². The maximum absolute atomic E-state index is 9.04. The maximum Gasteiger partial charge on any atom is 0.0899 e. The van der Waals surface area contributed by atoms with Crippen LogP contribution in [-0.4, -0.2) is 22.9 Å². The topological polar surface area (TPSA) is 41.1 Å². The summed E-state index contributed by atoms with van der Waals surface area (Å²) in [6, 6.07) is 19.1. The van der Waals surface area contributed by atoms with Gasteiger partial charge in [0.1, 0.15) is 0 Å². The van der Waals surface area contributed by atoms with Gasteiger partial charge in [-0.2, -0.15) is 55.0 Å². The van der Waals surface area contributed by atoms with E-state index in [4.69, 9.17) is 11.8 Å². The Balaban J connectivity index is 0.00000240. The van der Waals surface area contributed by atoms with Gasteiger partial charge in [-0.3, -0.25) is 4.85 Å². The average molecular weight is 471 g/mol. The Morgan fingerprint density at radius 2 is 1.52 bits per heavy atom. The SMILES string of the molecule is [C-]#[N+]c1cc[c-]c(N2C=CN(CCN3C=CN(c4[c-]ccc(C#N)c4)[CH-]3)[CH-]2)c1.[Pd]. The molecule has 2 aromatic carbocycles. The third kappa shape index (κ3) is 4.79. The molecule has 0 saturated carbocycles. The molecule has 0 aromatic heterocycles. The molecule has 0 unspecified atom stereocenters. The normalized spacial score (nSPS) is 14.7. The summed E-state index contributed by atoms with van der Waals surface area (Å²) in [7, 11) is 0. The summed E-state index contributed by atoms with van der Waals surface area (Å²) in [6.45, 7) is 12.7. The Morgan fingerprint density at radius 3 is 2.10 bits per heavy atom. The number of hydrogen-bond donors (Lipinski definition) is 0. The molecule has 148 valence electrons. The fourth-order valence-corrected chi connectivity index (χ4v) is 2.90. The van der Waals surface area contributed by atoms with Crippen LogP contribution >= 0.6 is 0 Å². The molecule has 0 bridgehead atoms. The number of hydrogen-bond acceptors (Lipinski definition) is 5. The van der Waals surface area contributed by atoms with Gasteiger partial charge in [-0.15, -0.1) is 23.5 Å². The van der Waals surface area contributed by atoms with Crippen LogP contribution in [0.1, 0.15) is 5.56 Å². The van der Waals surface area contributed by atoms with E-state index in [1.165, 1.54) is 0 Å². The van der Waals surface area contributed by atoms with Crippen molar-refractivity contribution >= 4 is 17.1 Å². The number of benzene rings is 2. The van der Waals surface area contributed by atoms with Crippen LogP contribution in [0.5, 0.6) is 0 Å². The molecule has 0 fully saturated rings. The number of anilines is 2. The van der Waals surface area contributed by atoms with Gasteiger partial charge in [0, 0.05) is 33.5 Å². The van der Waals surface area contributed by atoms with Crippen LogP contribution in [0.2, 0.25) is 0 Å². The second-order valence-corrected chi connectivity index (χ2v) is 6.24. The summed E-state index contributed by atoms with van der Waals surface area (Å²) >= 11 is 0. The molecule has 7 heteroatoms. The van der Waals surface area contributed by atoms with Crippen molar-refractivity contribution in [2.24, 2.45) is 0 Å². The number of nitrogens with zero attached hydrogens (tertiary/aromatic N) is 6. The summed E-state index contributed by atoms with van der Waals surface area (Å²) in [6.07, 6.45) is 7.91. The van der Waals surface area contributed by atoms with E-state index in [9.17, 15) is 0 Å². The predicted octanol–water partition coefficient (Wildman–Crippen LogP) is 3.83. The second kappa shape index (κ2) is 9.31. The molecule has 6 nitrogen and oxygen atoms in total. The van der Waals surface area contributed by atoms with Crippen molar-refractivity contribution in [2.75, 3.05) is 22.9 Å². The minimum atomic E-state index is 0. The zero-order chi connectivity index (χ0) is 19.3. The molecular formula is C22H16N6Pd-4. The standard InChI is InChI=1S/C22H16N6.Pd/c1-24-20-5-3-7-22(15-20)28-13-11-26(18-28)9-8-25-10-12-27(17-25)21-6-2-4-19(14-21)16-23;/h2-5,10-15,17-18H,8-9H2;/q-4;. The summed E-state index contributed by atoms with van der Waals surface area (Å²) in [5, 5.41) is 9.04. The van der Waals surface area contributed by atoms with Gasteiger partial charge in [0.15, 0.2) is 0 Å². The minimum Gasteiger partial charge on any atom is -0.507 e. The quantitative estimate of drug-likeness (QED) is 0.491. The molecule has 2 aliphatic rings. The van der Waals surface area contributed by atoms with Gasteiger partial charge in [-0.1, -0.05) is 5.56 Å². The minimum absolute atomic E-state index is 0. The van der Waals surface area contributed by atoms with Crippen molar-refractivity contribution in [1.29, 1.82) is 5.26 Å². The molecule has 0 N–H and O–H groups in total. The molecule has 0 atom stereocenters. The van der Waals surface area contributed by atoms with Crippen LogP contribution in [0.25, 0.3) is 4.85 Å². The zero-order valence-corrected chi connectivity index (χ0v) is 16.9. The summed E-state index contributed by atoms with van der Waals surface area (Å²) in [5.74, 6) is 0. The number of nitriles is 1. The van der Waals surface area contributed by atoms with E-state index in [1.807, 2.05) is 60.1 Å². The number of rotatable bonds is 5. The molecule has 0 aliphatic carbocycles. The van der Waals surface area contributed by atoms with Crippen LogP contribution in [0.15, 0.2) is 61.2 Å². The van der Waals surface area contributed by atoms with Crippen LogP contribution < -0.4 is 9.80 Å². The van der Waals surface area contributed by atoms with Crippen LogP contribution in [0.3, 0.4) is 0 Å². The van der Waals surface area contributed by atoms with Gasteiger partial charge < -0.3 is 19.6 Å². The van der Waals surface area contributed by atoms with E-state index in [2.05, 4.69) is 32.8 Å². The van der Waals surface area contributed by atoms with Gasteiger partial charge in [0.25, 0.3) is 0 Å². The molecule has 2 aromatic rings. The smallest absolute Gasteiger partial charge is 0.0899 e. The third-order valence-corrected chi connectivity index (χ3v) is 4.37. The molecule has 0 spiro atoms. The van der Waals surface area contributed by atoms with Gasteiger partial charge in [0.05, 0.1) is 18.3 Å². The van der Waals surface area contributed by atoms with E-state index < -0.39 is 0 Å². The van der Waals surface area contributed by atoms with Crippen LogP contribution in [-0.2, 0) is 20.4 Å². The molecular weight excluding hydrogens is 455 g/mol. The van der Waals surface area contributed by atoms with Gasteiger partial charge >= 0.3 is 0 Å². The van der Waals surface area contributed by atoms with E-state index in [1.54, 1.807) is 24.3 Å². The first kappa shape index (κ1) is 20.5. The Kier molecular flexibility index (Phi) is 6.58. The first-order chi connectivity index (χ1) is 13.7. The Bertz CT molecular complexity index is 921. The summed E-state index contributed by atoms with van der Waals surface area (Å²) in [5.41, 5.74) is 2.90. The Morgan fingerprint density at radius 1 is 0.931 bits per heavy atom. The second-order valence-electron chi connectivity index (χ2n) is 6.24. The molecule has 4 rings (SSSR count). The summed E-state index contributed by atoms with van der Waals surface area (Å²) < 4.78 is 0. The first-order valence-electron chi connectivity index (χ1n) is 8.71. The average Bonchev–Trinajstić information content (AvgIpc) is 3.42. The molecule has 29 heavy (non-hydrogen) atoms. The molecule has 0 radical (unpaired) electrons. The molecule has 2 heterocycles.